The number of aryl methyl sites for hydroxylation is 1. The molecule has 1 amide bonds. The van der Waals surface area contributed by atoms with Crippen LogP contribution in [0.2, 0.25) is 5.15 Å². The van der Waals surface area contributed by atoms with Crippen LogP contribution >= 0.6 is 23.4 Å². The summed E-state index contributed by atoms with van der Waals surface area (Å²) >= 11 is 6.08. The molecule has 0 unspecified atom stereocenters. The first kappa shape index (κ1) is 23.0. The van der Waals surface area contributed by atoms with Crippen LogP contribution in [-0.4, -0.2) is 25.1 Å². The van der Waals surface area contributed by atoms with Crippen molar-refractivity contribution in [2.24, 2.45) is 0 Å². The Bertz CT molecular complexity index is 1190. The van der Waals surface area contributed by atoms with Crippen molar-refractivity contribution in [2.75, 3.05) is 10.0 Å². The Morgan fingerprint density at radius 3 is 2.35 bits per heavy atom. The van der Waals surface area contributed by atoms with Crippen molar-refractivity contribution in [3.8, 4) is 0 Å². The minimum Gasteiger partial charge on any atom is -0.322 e. The molecule has 1 aromatic heterocycles. The number of thioether (sulfide) groups is 1. The molecule has 0 spiro atoms. The maximum Gasteiger partial charge on any atom is 0.288 e. The first-order valence-electron chi connectivity index (χ1n) is 8.75. The summed E-state index contributed by atoms with van der Waals surface area (Å²) in [4.78, 5) is 16.5. The number of rotatable bonds is 7. The van der Waals surface area contributed by atoms with Crippen molar-refractivity contribution >= 4 is 50.7 Å². The fraction of sp³-hybridized carbons (Fsp3) is 0.100. The van der Waals surface area contributed by atoms with Crippen LogP contribution in [0.4, 0.5) is 20.2 Å². The van der Waals surface area contributed by atoms with Gasteiger partial charge in [0.15, 0.2) is 0 Å². The molecule has 0 atom stereocenters. The number of halogens is 3. The molecule has 0 fully saturated rings. The second-order valence-electron chi connectivity index (χ2n) is 6.31. The van der Waals surface area contributed by atoms with Crippen LogP contribution in [0.5, 0.6) is 0 Å². The number of amides is 1. The zero-order chi connectivity index (χ0) is 22.6. The van der Waals surface area contributed by atoms with Crippen molar-refractivity contribution in [1.82, 2.24) is 4.98 Å². The molecule has 162 valence electrons. The number of hydrogen-bond acceptors (Lipinski definition) is 5. The van der Waals surface area contributed by atoms with Crippen LogP contribution in [0.15, 0.2) is 70.6 Å². The van der Waals surface area contributed by atoms with Crippen molar-refractivity contribution < 1.29 is 22.0 Å². The summed E-state index contributed by atoms with van der Waals surface area (Å²) in [5, 5.41) is 2.86. The van der Waals surface area contributed by atoms with E-state index in [9.17, 15) is 22.0 Å². The molecule has 3 aromatic rings. The average Bonchev–Trinajstić information content (AvgIpc) is 2.70. The minimum absolute atomic E-state index is 0.0365. The van der Waals surface area contributed by atoms with Gasteiger partial charge in [-0.2, -0.15) is 8.78 Å². The highest BCUT2D eigenvalue weighted by molar-refractivity contribution is 7.99. The predicted octanol–water partition coefficient (Wildman–Crippen LogP) is 5.41. The fourth-order valence-corrected chi connectivity index (χ4v) is 4.54. The van der Waals surface area contributed by atoms with E-state index < -0.39 is 21.7 Å². The third-order valence-electron chi connectivity index (χ3n) is 4.06. The summed E-state index contributed by atoms with van der Waals surface area (Å²) in [6.07, 6.45) is 1.31. The number of anilines is 2. The highest BCUT2D eigenvalue weighted by atomic mass is 35.5. The quantitative estimate of drug-likeness (QED) is 0.346. The Morgan fingerprint density at radius 1 is 1.06 bits per heavy atom. The number of pyridine rings is 1. The molecule has 11 heteroatoms. The number of alkyl halides is 2. The predicted molar refractivity (Wildman–Crippen MR) is 117 cm³/mol. The molecule has 1 heterocycles. The zero-order valence-corrected chi connectivity index (χ0v) is 18.4. The maximum absolute atomic E-state index is 12.9. The topological polar surface area (TPSA) is 88.2 Å². The summed E-state index contributed by atoms with van der Waals surface area (Å²) < 4.78 is 53.0. The highest BCUT2D eigenvalue weighted by Gasteiger charge is 2.19. The standard InChI is InChI=1S/C20H16ClF2N3O3S2/c1-12-2-4-15(25-19(27)13-3-9-18(21)24-11-13)10-17(12)31(28,29)26-14-5-7-16(8-6-14)30-20(22)23/h2-11,20,26H,1H3,(H,25,27). The van der Waals surface area contributed by atoms with Gasteiger partial charge in [0.25, 0.3) is 21.7 Å². The maximum atomic E-state index is 12.9. The number of nitrogens with zero attached hydrogens (tertiary/aromatic N) is 1. The Balaban J connectivity index is 1.79. The zero-order valence-electron chi connectivity index (χ0n) is 16.0. The van der Waals surface area contributed by atoms with Gasteiger partial charge in [-0.05, 0) is 61.0 Å². The minimum atomic E-state index is -3.99. The number of benzene rings is 2. The molecule has 2 N–H and O–H groups in total. The van der Waals surface area contributed by atoms with Crippen molar-refractivity contribution in [1.29, 1.82) is 0 Å². The summed E-state index contributed by atoms with van der Waals surface area (Å²) in [7, 11) is -3.99. The summed E-state index contributed by atoms with van der Waals surface area (Å²) in [5.74, 6) is -3.04. The number of sulfonamides is 1. The molecule has 0 aliphatic rings. The summed E-state index contributed by atoms with van der Waals surface area (Å²) in [5.41, 5.74) is 1.21. The van der Waals surface area contributed by atoms with Crippen LogP contribution in [-0.2, 0) is 10.0 Å². The number of carbonyl (C=O) groups is 1. The van der Waals surface area contributed by atoms with Crippen molar-refractivity contribution in [3.63, 3.8) is 0 Å². The Hall–Kier alpha value is -2.69. The molecule has 0 bridgehead atoms. The van der Waals surface area contributed by atoms with E-state index in [2.05, 4.69) is 15.0 Å². The third kappa shape index (κ3) is 6.16. The Labute approximate surface area is 187 Å². The smallest absolute Gasteiger partial charge is 0.288 e. The molecule has 0 saturated carbocycles. The van der Waals surface area contributed by atoms with E-state index in [1.807, 2.05) is 0 Å². The lowest BCUT2D eigenvalue weighted by Gasteiger charge is -2.13. The molecule has 0 aliphatic heterocycles. The average molecular weight is 484 g/mol. The largest absolute Gasteiger partial charge is 0.322 e. The second kappa shape index (κ2) is 9.63. The van der Waals surface area contributed by atoms with E-state index in [4.69, 9.17) is 11.6 Å². The summed E-state index contributed by atoms with van der Waals surface area (Å²) in [6, 6.07) is 13.0. The fourth-order valence-electron chi connectivity index (χ4n) is 2.60. The van der Waals surface area contributed by atoms with Gasteiger partial charge in [-0.25, -0.2) is 13.4 Å². The van der Waals surface area contributed by atoms with Gasteiger partial charge in [-0.1, -0.05) is 29.4 Å². The molecule has 31 heavy (non-hydrogen) atoms. The van der Waals surface area contributed by atoms with Gasteiger partial charge in [0.2, 0.25) is 0 Å². The highest BCUT2D eigenvalue weighted by Crippen LogP contribution is 2.28. The van der Waals surface area contributed by atoms with Crippen LogP contribution in [0.25, 0.3) is 0 Å². The first-order valence-corrected chi connectivity index (χ1v) is 11.5. The molecule has 0 saturated heterocycles. The van der Waals surface area contributed by atoms with Gasteiger partial charge in [0.1, 0.15) is 5.15 Å². The van der Waals surface area contributed by atoms with E-state index in [-0.39, 0.29) is 27.0 Å². The van der Waals surface area contributed by atoms with E-state index in [1.54, 1.807) is 19.1 Å². The van der Waals surface area contributed by atoms with Gasteiger partial charge in [-0.3, -0.25) is 9.52 Å². The number of nitrogens with one attached hydrogen (secondary N) is 2. The lowest BCUT2D eigenvalue weighted by atomic mass is 10.2. The van der Waals surface area contributed by atoms with Gasteiger partial charge < -0.3 is 5.32 Å². The molecule has 0 aliphatic carbocycles. The van der Waals surface area contributed by atoms with Gasteiger partial charge >= 0.3 is 0 Å². The summed E-state index contributed by atoms with van der Waals surface area (Å²) in [6.45, 7) is 1.62. The van der Waals surface area contributed by atoms with Crippen molar-refractivity contribution in [3.05, 3.63) is 77.1 Å². The molecule has 3 rings (SSSR count). The van der Waals surface area contributed by atoms with E-state index in [0.29, 0.717) is 22.2 Å². The normalized spacial score (nSPS) is 11.4. The number of hydrogen-bond donors (Lipinski definition) is 2. The van der Waals surface area contributed by atoms with E-state index >= 15 is 0 Å². The van der Waals surface area contributed by atoms with Crippen LogP contribution in [0.1, 0.15) is 15.9 Å². The Morgan fingerprint density at radius 2 is 1.74 bits per heavy atom. The molecular formula is C20H16ClF2N3O3S2. The van der Waals surface area contributed by atoms with Crippen LogP contribution in [0.3, 0.4) is 0 Å². The monoisotopic (exact) mass is 483 g/mol. The number of carbonyl (C=O) groups excluding carboxylic acids is 1. The first-order chi connectivity index (χ1) is 14.6. The SMILES string of the molecule is Cc1ccc(NC(=O)c2ccc(Cl)nc2)cc1S(=O)(=O)Nc1ccc(SC(F)F)cc1. The number of aromatic nitrogens is 1. The van der Waals surface area contributed by atoms with E-state index in [1.165, 1.54) is 48.7 Å². The molecule has 2 aromatic carbocycles. The van der Waals surface area contributed by atoms with Gasteiger partial charge in [0, 0.05) is 22.5 Å². The van der Waals surface area contributed by atoms with Crippen LogP contribution in [0, 0.1) is 6.92 Å². The molecular weight excluding hydrogens is 468 g/mol. The lowest BCUT2D eigenvalue weighted by molar-refractivity contribution is 0.102. The Kier molecular flexibility index (Phi) is 7.14. The van der Waals surface area contributed by atoms with Gasteiger partial charge in [0.05, 0.1) is 10.5 Å². The van der Waals surface area contributed by atoms with Crippen LogP contribution < -0.4 is 10.0 Å². The second-order valence-corrected chi connectivity index (χ2v) is 9.41. The molecule has 0 radical (unpaired) electrons. The van der Waals surface area contributed by atoms with Gasteiger partial charge in [-0.15, -0.1) is 0 Å². The van der Waals surface area contributed by atoms with E-state index in [0.717, 1.165) is 0 Å². The third-order valence-corrected chi connectivity index (χ3v) is 6.53. The lowest BCUT2D eigenvalue weighted by Crippen LogP contribution is -2.16. The molecule has 6 nitrogen and oxygen atoms in total. The van der Waals surface area contributed by atoms with Crippen molar-refractivity contribution in [2.45, 2.75) is 22.5 Å².